The van der Waals surface area contributed by atoms with Crippen molar-refractivity contribution in [2.75, 3.05) is 38.8 Å². The number of benzene rings is 1. The number of guanidine groups is 1. The molecule has 2 N–H and O–H groups in total. The van der Waals surface area contributed by atoms with Gasteiger partial charge in [0.15, 0.2) is 5.96 Å². The number of rotatable bonds is 7. The number of aromatic nitrogens is 1. The van der Waals surface area contributed by atoms with Crippen molar-refractivity contribution in [1.82, 2.24) is 15.6 Å². The molecule has 1 aromatic carbocycles. The Balaban J connectivity index is 0.00000320. The highest BCUT2D eigenvalue weighted by Crippen LogP contribution is 2.30. The van der Waals surface area contributed by atoms with E-state index in [0.29, 0.717) is 12.6 Å². The second-order valence-corrected chi connectivity index (χ2v) is 8.38. The van der Waals surface area contributed by atoms with Crippen LogP contribution in [0.4, 0.5) is 5.69 Å². The maximum Gasteiger partial charge on any atom is 0.191 e. The minimum absolute atomic E-state index is 0. The Hall–Kier alpha value is -1.75. The average molecular weight is 545 g/mol. The summed E-state index contributed by atoms with van der Waals surface area (Å²) in [6.45, 7) is 9.52. The molecule has 3 rings (SSSR count). The molecule has 1 atom stereocenters. The third kappa shape index (κ3) is 6.37. The highest BCUT2D eigenvalue weighted by molar-refractivity contribution is 14.0. The monoisotopic (exact) mass is 545 g/mol. The van der Waals surface area contributed by atoms with Gasteiger partial charge in [-0.05, 0) is 27.2 Å². The first-order valence-electron chi connectivity index (χ1n) is 9.98. The van der Waals surface area contributed by atoms with Crippen molar-refractivity contribution in [2.24, 2.45) is 4.99 Å². The van der Waals surface area contributed by atoms with E-state index in [0.717, 1.165) is 59.9 Å². The first-order valence-corrected chi connectivity index (χ1v) is 10.8. The van der Waals surface area contributed by atoms with Crippen molar-refractivity contribution in [2.45, 2.75) is 39.8 Å². The number of ether oxygens (including phenoxy) is 2. The number of nitrogens with zero attached hydrogens (tertiary/aromatic N) is 3. The van der Waals surface area contributed by atoms with Gasteiger partial charge in [0.05, 0.1) is 26.5 Å². The summed E-state index contributed by atoms with van der Waals surface area (Å²) in [5.74, 6) is 2.45. The third-order valence-corrected chi connectivity index (χ3v) is 6.08. The van der Waals surface area contributed by atoms with E-state index in [2.05, 4.69) is 46.5 Å². The Morgan fingerprint density at radius 2 is 1.93 bits per heavy atom. The quantitative estimate of drug-likeness (QED) is 0.314. The summed E-state index contributed by atoms with van der Waals surface area (Å²) in [5, 5.41) is 7.98. The normalized spacial score (nSPS) is 16.2. The van der Waals surface area contributed by atoms with E-state index in [1.54, 1.807) is 25.6 Å². The fourth-order valence-electron chi connectivity index (χ4n) is 3.35. The van der Waals surface area contributed by atoms with Crippen molar-refractivity contribution in [3.63, 3.8) is 0 Å². The Morgan fingerprint density at radius 1 is 1.23 bits per heavy atom. The lowest BCUT2D eigenvalue weighted by molar-refractivity contribution is 0.394. The van der Waals surface area contributed by atoms with Gasteiger partial charge in [0.25, 0.3) is 0 Å². The Morgan fingerprint density at radius 3 is 2.50 bits per heavy atom. The minimum atomic E-state index is 0. The number of anilines is 1. The molecular formula is C21H32IN5O2S. The number of thiazole rings is 1. The number of hydrogen-bond acceptors (Lipinski definition) is 6. The van der Waals surface area contributed by atoms with Gasteiger partial charge in [-0.15, -0.1) is 35.3 Å². The summed E-state index contributed by atoms with van der Waals surface area (Å²) >= 11 is 1.72. The van der Waals surface area contributed by atoms with E-state index in [1.807, 2.05) is 13.0 Å². The molecule has 2 heterocycles. The summed E-state index contributed by atoms with van der Waals surface area (Å²) in [6.07, 6.45) is 1.04. The molecule has 0 bridgehead atoms. The van der Waals surface area contributed by atoms with Crippen molar-refractivity contribution in [3.8, 4) is 11.5 Å². The van der Waals surface area contributed by atoms with Gasteiger partial charge in [-0.2, -0.15) is 0 Å². The zero-order chi connectivity index (χ0) is 20.8. The smallest absolute Gasteiger partial charge is 0.191 e. The van der Waals surface area contributed by atoms with Gasteiger partial charge in [0.1, 0.15) is 16.5 Å². The lowest BCUT2D eigenvalue weighted by atomic mass is 10.2. The van der Waals surface area contributed by atoms with Gasteiger partial charge >= 0.3 is 0 Å². The third-order valence-electron chi connectivity index (χ3n) is 5.02. The van der Waals surface area contributed by atoms with Crippen LogP contribution in [0.5, 0.6) is 11.5 Å². The molecular weight excluding hydrogens is 513 g/mol. The van der Waals surface area contributed by atoms with Crippen molar-refractivity contribution >= 4 is 47.0 Å². The number of hydrogen-bond donors (Lipinski definition) is 2. The van der Waals surface area contributed by atoms with Crippen LogP contribution in [-0.4, -0.2) is 50.8 Å². The summed E-state index contributed by atoms with van der Waals surface area (Å²) in [6, 6.07) is 6.33. The summed E-state index contributed by atoms with van der Waals surface area (Å²) < 4.78 is 10.8. The first-order chi connectivity index (χ1) is 14.0. The molecule has 0 spiro atoms. The standard InChI is InChI=1S/C21H31N5O2S.HI/c1-6-22-21(23-12-20-24-14(2)15(3)29-20)25-16-7-8-26(13-16)17-9-18(27-4)11-19(10-17)28-5;/h9-11,16H,6-8,12-13H2,1-5H3,(H2,22,23,25);1H. The molecule has 7 nitrogen and oxygen atoms in total. The highest BCUT2D eigenvalue weighted by atomic mass is 127. The Bertz CT molecular complexity index is 816. The largest absolute Gasteiger partial charge is 0.497 e. The topological polar surface area (TPSA) is 71.0 Å². The first kappa shape index (κ1) is 24.5. The van der Waals surface area contributed by atoms with E-state index in [9.17, 15) is 0 Å². The zero-order valence-electron chi connectivity index (χ0n) is 18.3. The molecule has 1 saturated heterocycles. The van der Waals surface area contributed by atoms with Crippen LogP contribution in [0.25, 0.3) is 0 Å². The highest BCUT2D eigenvalue weighted by Gasteiger charge is 2.24. The van der Waals surface area contributed by atoms with Crippen LogP contribution in [0.15, 0.2) is 23.2 Å². The number of nitrogens with one attached hydrogen (secondary N) is 2. The van der Waals surface area contributed by atoms with E-state index >= 15 is 0 Å². The Kier molecular flexibility index (Phi) is 9.47. The molecule has 9 heteroatoms. The summed E-state index contributed by atoms with van der Waals surface area (Å²) in [5.41, 5.74) is 2.21. The van der Waals surface area contributed by atoms with Crippen molar-refractivity contribution in [3.05, 3.63) is 33.8 Å². The van der Waals surface area contributed by atoms with Crippen LogP contribution in [0.2, 0.25) is 0 Å². The molecule has 166 valence electrons. The molecule has 30 heavy (non-hydrogen) atoms. The summed E-state index contributed by atoms with van der Waals surface area (Å²) in [7, 11) is 3.36. The second-order valence-electron chi connectivity index (χ2n) is 7.09. The summed E-state index contributed by atoms with van der Waals surface area (Å²) in [4.78, 5) is 12.9. The van der Waals surface area contributed by atoms with Crippen LogP contribution in [-0.2, 0) is 6.54 Å². The fraction of sp³-hybridized carbons (Fsp3) is 0.524. The molecule has 1 unspecified atom stereocenters. The van der Waals surface area contributed by atoms with E-state index in [-0.39, 0.29) is 24.0 Å². The van der Waals surface area contributed by atoms with Crippen LogP contribution in [0, 0.1) is 13.8 Å². The zero-order valence-corrected chi connectivity index (χ0v) is 21.5. The van der Waals surface area contributed by atoms with Crippen molar-refractivity contribution < 1.29 is 9.47 Å². The van der Waals surface area contributed by atoms with Gasteiger partial charge in [-0.3, -0.25) is 0 Å². The van der Waals surface area contributed by atoms with E-state index in [1.165, 1.54) is 4.88 Å². The van der Waals surface area contributed by atoms with Gasteiger partial charge in [0.2, 0.25) is 0 Å². The van der Waals surface area contributed by atoms with Crippen molar-refractivity contribution in [1.29, 1.82) is 0 Å². The van der Waals surface area contributed by atoms with E-state index in [4.69, 9.17) is 14.5 Å². The molecule has 0 saturated carbocycles. The maximum absolute atomic E-state index is 5.41. The van der Waals surface area contributed by atoms with Crippen LogP contribution >= 0.6 is 35.3 Å². The fourth-order valence-corrected chi connectivity index (χ4v) is 4.21. The second kappa shape index (κ2) is 11.6. The van der Waals surface area contributed by atoms with Gasteiger partial charge in [-0.1, -0.05) is 0 Å². The SMILES string of the molecule is CCNC(=NCc1nc(C)c(C)s1)NC1CCN(c2cc(OC)cc(OC)c2)C1.I. The maximum atomic E-state index is 5.41. The molecule has 2 aromatic rings. The average Bonchev–Trinajstić information content (AvgIpc) is 3.32. The number of halogens is 1. The molecule has 0 amide bonds. The number of aryl methyl sites for hydroxylation is 2. The van der Waals surface area contributed by atoms with E-state index < -0.39 is 0 Å². The molecule has 0 radical (unpaired) electrons. The predicted octanol–water partition coefficient (Wildman–Crippen LogP) is 3.73. The minimum Gasteiger partial charge on any atom is -0.497 e. The lowest BCUT2D eigenvalue weighted by Crippen LogP contribution is -2.44. The van der Waals surface area contributed by atoms with Crippen LogP contribution in [0.1, 0.15) is 28.9 Å². The number of methoxy groups -OCH3 is 2. The molecule has 1 fully saturated rings. The molecule has 1 aliphatic rings. The van der Waals surface area contributed by atoms with Gasteiger partial charge in [0, 0.05) is 54.4 Å². The van der Waals surface area contributed by atoms with Gasteiger partial charge in [-0.25, -0.2) is 9.98 Å². The molecule has 1 aromatic heterocycles. The van der Waals surface area contributed by atoms with Gasteiger partial charge < -0.3 is 25.0 Å². The molecule has 0 aliphatic carbocycles. The number of aliphatic imine (C=N–C) groups is 1. The Labute approximate surface area is 200 Å². The lowest BCUT2D eigenvalue weighted by Gasteiger charge is -2.21. The molecule has 1 aliphatic heterocycles. The van der Waals surface area contributed by atoms with Crippen LogP contribution in [0.3, 0.4) is 0 Å². The predicted molar refractivity (Wildman–Crippen MR) is 135 cm³/mol. The van der Waals surface area contributed by atoms with Crippen LogP contribution < -0.4 is 25.0 Å².